The molecule has 0 bridgehead atoms. The smallest absolute Gasteiger partial charge is 0.266 e. The van der Waals surface area contributed by atoms with E-state index in [9.17, 15) is 9.18 Å². The fourth-order valence-electron chi connectivity index (χ4n) is 2.76. The number of rotatable bonds is 6. The Hall–Kier alpha value is -1.75. The van der Waals surface area contributed by atoms with Gasteiger partial charge in [0.2, 0.25) is 0 Å². The fraction of sp³-hybridized carbons (Fsp3) is 0.474. The van der Waals surface area contributed by atoms with Crippen molar-refractivity contribution in [2.24, 2.45) is 5.92 Å². The lowest BCUT2D eigenvalue weighted by Gasteiger charge is -2.22. The molecule has 1 aromatic heterocycles. The van der Waals surface area contributed by atoms with Crippen molar-refractivity contribution in [1.82, 2.24) is 9.88 Å². The Bertz CT molecular complexity index is 719. The first-order valence-corrected chi connectivity index (χ1v) is 9.27. The number of halogens is 1. The second-order valence-electron chi connectivity index (χ2n) is 6.91. The minimum atomic E-state index is -0.250. The molecule has 0 aliphatic heterocycles. The topological polar surface area (TPSA) is 33.2 Å². The summed E-state index contributed by atoms with van der Waals surface area (Å²) in [4.78, 5) is 20.3. The van der Waals surface area contributed by atoms with Gasteiger partial charge in [-0.15, -0.1) is 11.3 Å². The minimum Gasteiger partial charge on any atom is -0.331 e. The van der Waals surface area contributed by atoms with Gasteiger partial charge in [-0.3, -0.25) is 4.79 Å². The van der Waals surface area contributed by atoms with E-state index >= 15 is 0 Å². The largest absolute Gasteiger partial charge is 0.331 e. The molecule has 0 unspecified atom stereocenters. The standard InChI is InChI=1S/C19H23FN2OS/c1-12(2)10-17-21-13(3)18(24-17)19(23)22(16-8-9-16)11-14-4-6-15(20)7-5-14/h4-7,12,16H,8-11H2,1-3H3. The molecule has 128 valence electrons. The normalized spacial score (nSPS) is 14.2. The molecular weight excluding hydrogens is 323 g/mol. The highest BCUT2D eigenvalue weighted by atomic mass is 32.1. The summed E-state index contributed by atoms with van der Waals surface area (Å²) in [6.45, 7) is 6.75. The summed E-state index contributed by atoms with van der Waals surface area (Å²) < 4.78 is 13.1. The van der Waals surface area contributed by atoms with Crippen molar-refractivity contribution in [2.75, 3.05) is 0 Å². The van der Waals surface area contributed by atoms with Crippen LogP contribution in [-0.2, 0) is 13.0 Å². The van der Waals surface area contributed by atoms with Gasteiger partial charge in [-0.25, -0.2) is 9.37 Å². The van der Waals surface area contributed by atoms with Gasteiger partial charge in [0.15, 0.2) is 0 Å². The van der Waals surface area contributed by atoms with Crippen LogP contribution in [-0.4, -0.2) is 21.8 Å². The van der Waals surface area contributed by atoms with Gasteiger partial charge >= 0.3 is 0 Å². The second kappa shape index (κ2) is 7.01. The van der Waals surface area contributed by atoms with Crippen molar-refractivity contribution in [3.63, 3.8) is 0 Å². The van der Waals surface area contributed by atoms with E-state index in [1.54, 1.807) is 12.1 Å². The van der Waals surface area contributed by atoms with Crippen LogP contribution in [0.5, 0.6) is 0 Å². The van der Waals surface area contributed by atoms with Crippen molar-refractivity contribution in [3.8, 4) is 0 Å². The lowest BCUT2D eigenvalue weighted by Crippen LogP contribution is -2.32. The van der Waals surface area contributed by atoms with Crippen LogP contribution in [0.4, 0.5) is 4.39 Å². The van der Waals surface area contributed by atoms with Crippen LogP contribution in [0, 0.1) is 18.7 Å². The third-order valence-electron chi connectivity index (χ3n) is 4.13. The van der Waals surface area contributed by atoms with E-state index in [1.165, 1.54) is 23.5 Å². The van der Waals surface area contributed by atoms with E-state index in [4.69, 9.17) is 0 Å². The molecule has 0 spiro atoms. The predicted molar refractivity (Wildman–Crippen MR) is 94.7 cm³/mol. The van der Waals surface area contributed by atoms with Crippen LogP contribution >= 0.6 is 11.3 Å². The summed E-state index contributed by atoms with van der Waals surface area (Å²) in [6, 6.07) is 6.70. The SMILES string of the molecule is Cc1nc(CC(C)C)sc1C(=O)N(Cc1ccc(F)cc1)C1CC1. The third kappa shape index (κ3) is 4.01. The van der Waals surface area contributed by atoms with Crippen molar-refractivity contribution >= 4 is 17.2 Å². The average molecular weight is 346 g/mol. The Morgan fingerprint density at radius 1 is 1.33 bits per heavy atom. The Morgan fingerprint density at radius 2 is 2.00 bits per heavy atom. The molecule has 1 heterocycles. The van der Waals surface area contributed by atoms with Gasteiger partial charge in [0.25, 0.3) is 5.91 Å². The molecule has 0 radical (unpaired) electrons. The molecule has 1 aliphatic carbocycles. The van der Waals surface area contributed by atoms with Crippen molar-refractivity contribution < 1.29 is 9.18 Å². The summed E-state index contributed by atoms with van der Waals surface area (Å²) in [7, 11) is 0. The number of nitrogens with zero attached hydrogens (tertiary/aromatic N) is 2. The van der Waals surface area contributed by atoms with E-state index in [-0.39, 0.29) is 11.7 Å². The highest BCUT2D eigenvalue weighted by Crippen LogP contribution is 2.32. The van der Waals surface area contributed by atoms with Crippen molar-refractivity contribution in [1.29, 1.82) is 0 Å². The molecule has 3 rings (SSSR count). The van der Waals surface area contributed by atoms with Gasteiger partial charge < -0.3 is 4.90 Å². The molecule has 2 aromatic rings. The monoisotopic (exact) mass is 346 g/mol. The highest BCUT2D eigenvalue weighted by molar-refractivity contribution is 7.13. The lowest BCUT2D eigenvalue weighted by atomic mass is 10.1. The molecule has 1 aromatic carbocycles. The molecule has 0 saturated heterocycles. The number of amides is 1. The van der Waals surface area contributed by atoms with E-state index in [2.05, 4.69) is 18.8 Å². The number of aromatic nitrogens is 1. The van der Waals surface area contributed by atoms with Gasteiger partial charge in [-0.2, -0.15) is 0 Å². The summed E-state index contributed by atoms with van der Waals surface area (Å²) in [5, 5.41) is 1.03. The third-order valence-corrected chi connectivity index (χ3v) is 5.30. The van der Waals surface area contributed by atoms with Crippen LogP contribution in [0.25, 0.3) is 0 Å². The van der Waals surface area contributed by atoms with Crippen molar-refractivity contribution in [3.05, 3.63) is 51.2 Å². The van der Waals surface area contributed by atoms with E-state index in [1.807, 2.05) is 11.8 Å². The Morgan fingerprint density at radius 3 is 2.58 bits per heavy atom. The van der Waals surface area contributed by atoms with Crippen LogP contribution in [0.3, 0.4) is 0 Å². The first-order valence-electron chi connectivity index (χ1n) is 8.45. The molecule has 1 aliphatic rings. The van der Waals surface area contributed by atoms with Crippen LogP contribution in [0.1, 0.15) is 52.6 Å². The van der Waals surface area contributed by atoms with Gasteiger partial charge in [0.1, 0.15) is 10.7 Å². The number of thiazole rings is 1. The molecule has 1 fully saturated rings. The van der Waals surface area contributed by atoms with Crippen LogP contribution < -0.4 is 0 Å². The first-order chi connectivity index (χ1) is 11.4. The summed E-state index contributed by atoms with van der Waals surface area (Å²) in [5.41, 5.74) is 1.78. The van der Waals surface area contributed by atoms with Gasteiger partial charge in [-0.05, 0) is 43.4 Å². The van der Waals surface area contributed by atoms with E-state index < -0.39 is 0 Å². The zero-order chi connectivity index (χ0) is 17.3. The summed E-state index contributed by atoms with van der Waals surface area (Å²) >= 11 is 1.52. The number of carbonyl (C=O) groups excluding carboxylic acids is 1. The number of aryl methyl sites for hydroxylation is 1. The van der Waals surface area contributed by atoms with Gasteiger partial charge in [0, 0.05) is 19.0 Å². The predicted octanol–water partition coefficient (Wildman–Crippen LogP) is 4.59. The molecule has 0 N–H and O–H groups in total. The molecule has 0 atom stereocenters. The molecule has 1 amide bonds. The maximum absolute atomic E-state index is 13.1. The lowest BCUT2D eigenvalue weighted by molar-refractivity contribution is 0.0734. The maximum atomic E-state index is 13.1. The number of hydrogen-bond donors (Lipinski definition) is 0. The quantitative estimate of drug-likeness (QED) is 0.766. The first kappa shape index (κ1) is 17.1. The number of benzene rings is 1. The molecule has 5 heteroatoms. The Labute approximate surface area is 146 Å². The van der Waals surface area contributed by atoms with Crippen molar-refractivity contribution in [2.45, 2.75) is 52.6 Å². The zero-order valence-electron chi connectivity index (χ0n) is 14.4. The van der Waals surface area contributed by atoms with E-state index in [0.29, 0.717) is 18.5 Å². The van der Waals surface area contributed by atoms with Crippen LogP contribution in [0.15, 0.2) is 24.3 Å². The molecule has 3 nitrogen and oxygen atoms in total. The van der Waals surface area contributed by atoms with Crippen LogP contribution in [0.2, 0.25) is 0 Å². The molecule has 24 heavy (non-hydrogen) atoms. The maximum Gasteiger partial charge on any atom is 0.266 e. The number of carbonyl (C=O) groups is 1. The summed E-state index contributed by atoms with van der Waals surface area (Å²) in [6.07, 6.45) is 2.99. The Kier molecular flexibility index (Phi) is 4.99. The highest BCUT2D eigenvalue weighted by Gasteiger charge is 2.34. The summed E-state index contributed by atoms with van der Waals surface area (Å²) in [5.74, 6) is 0.337. The number of hydrogen-bond acceptors (Lipinski definition) is 3. The molecule has 1 saturated carbocycles. The minimum absolute atomic E-state index is 0.0619. The Balaban J connectivity index is 1.79. The average Bonchev–Trinajstić information content (AvgIpc) is 3.29. The van der Waals surface area contributed by atoms with Gasteiger partial charge in [-0.1, -0.05) is 26.0 Å². The van der Waals surface area contributed by atoms with E-state index in [0.717, 1.165) is 40.4 Å². The van der Waals surface area contributed by atoms with Gasteiger partial charge in [0.05, 0.1) is 10.7 Å². The zero-order valence-corrected chi connectivity index (χ0v) is 15.2. The fourth-order valence-corrected chi connectivity index (χ4v) is 3.99. The second-order valence-corrected chi connectivity index (χ2v) is 7.99. The molecular formula is C19H23FN2OS.